The van der Waals surface area contributed by atoms with E-state index in [1.165, 1.54) is 229 Å². The van der Waals surface area contributed by atoms with E-state index in [-0.39, 0.29) is 0 Å². The summed E-state index contributed by atoms with van der Waals surface area (Å²) in [4.78, 5) is 0. The van der Waals surface area contributed by atoms with Crippen LogP contribution in [0.15, 0.2) is 18.2 Å². The largest absolute Gasteiger partial charge is 0.0840 e. The van der Waals surface area contributed by atoms with Crippen molar-refractivity contribution in [1.29, 1.82) is 0 Å². The van der Waals surface area contributed by atoms with Gasteiger partial charge in [0.2, 0.25) is 0 Å². The monoisotopic (exact) mass is 631 g/mol. The second kappa shape index (κ2) is 33.9. The quantitative estimate of drug-likeness (QED) is 0.0654. The van der Waals surface area contributed by atoms with E-state index in [9.17, 15) is 0 Å². The molecule has 0 nitrogen and oxygen atoms in total. The Morgan fingerprint density at radius 1 is 0.364 bits per heavy atom. The summed E-state index contributed by atoms with van der Waals surface area (Å²) in [5.74, 6) is 0. The zero-order chi connectivity index (χ0) is 31.6. The van der Waals surface area contributed by atoms with Gasteiger partial charge in [-0.2, -0.15) is 0 Å². The zero-order valence-electron chi connectivity index (χ0n) is 30.4. The lowest BCUT2D eigenvalue weighted by Crippen LogP contribution is -1.91. The van der Waals surface area contributed by atoms with Crippen LogP contribution >= 0.6 is 11.6 Å². The SMILES string of the molecule is CCCCCCCCCCCCCCCCCCCCCCCCCCCCCCCCCCCCc1c(C)cccc1Cl. The van der Waals surface area contributed by atoms with E-state index in [4.69, 9.17) is 11.6 Å². The van der Waals surface area contributed by atoms with Crippen molar-refractivity contribution in [3.8, 4) is 0 Å². The van der Waals surface area contributed by atoms with Crippen LogP contribution in [0, 0.1) is 6.92 Å². The molecule has 0 aliphatic carbocycles. The molecule has 258 valence electrons. The molecule has 0 saturated heterocycles. The van der Waals surface area contributed by atoms with Crippen molar-refractivity contribution in [2.24, 2.45) is 0 Å². The molecule has 0 fully saturated rings. The molecule has 0 aliphatic rings. The first-order chi connectivity index (χ1) is 21.8. The second-order valence-electron chi connectivity index (χ2n) is 14.5. The highest BCUT2D eigenvalue weighted by Gasteiger charge is 2.03. The minimum atomic E-state index is 0.955. The maximum absolute atomic E-state index is 6.36. The van der Waals surface area contributed by atoms with Crippen LogP contribution in [0.3, 0.4) is 0 Å². The second-order valence-corrected chi connectivity index (χ2v) is 14.9. The van der Waals surface area contributed by atoms with Crippen LogP contribution in [0.4, 0.5) is 0 Å². The van der Waals surface area contributed by atoms with E-state index in [0.717, 1.165) is 11.4 Å². The number of rotatable bonds is 35. The summed E-state index contributed by atoms with van der Waals surface area (Å²) < 4.78 is 0. The van der Waals surface area contributed by atoms with Crippen LogP contribution in [0.25, 0.3) is 0 Å². The summed E-state index contributed by atoms with van der Waals surface area (Å²) in [5, 5.41) is 0.955. The average Bonchev–Trinajstić information content (AvgIpc) is 3.02. The summed E-state index contributed by atoms with van der Waals surface area (Å²) in [6.45, 7) is 4.49. The molecule has 1 aromatic carbocycles. The predicted octanol–water partition coefficient (Wildman–Crippen LogP) is 16.5. The Labute approximate surface area is 283 Å². The molecule has 1 heteroatoms. The predicted molar refractivity (Wildman–Crippen MR) is 203 cm³/mol. The summed E-state index contributed by atoms with van der Waals surface area (Å²) in [6, 6.07) is 6.28. The zero-order valence-corrected chi connectivity index (χ0v) is 31.1. The first-order valence-corrected chi connectivity index (χ1v) is 20.9. The molecule has 0 heterocycles. The minimum Gasteiger partial charge on any atom is -0.0840 e. The number of hydrogen-bond donors (Lipinski definition) is 0. The van der Waals surface area contributed by atoms with E-state index in [1.807, 2.05) is 6.07 Å². The molecule has 0 N–H and O–H groups in total. The fourth-order valence-corrected chi connectivity index (χ4v) is 7.33. The van der Waals surface area contributed by atoms with Gasteiger partial charge in [0, 0.05) is 5.02 Å². The highest BCUT2D eigenvalue weighted by atomic mass is 35.5. The number of unbranched alkanes of at least 4 members (excludes halogenated alkanes) is 33. The van der Waals surface area contributed by atoms with Crippen LogP contribution in [-0.2, 0) is 6.42 Å². The molecule has 0 atom stereocenters. The van der Waals surface area contributed by atoms with Crippen molar-refractivity contribution in [3.05, 3.63) is 34.3 Å². The topological polar surface area (TPSA) is 0 Å². The van der Waals surface area contributed by atoms with Gasteiger partial charge in [-0.25, -0.2) is 0 Å². The van der Waals surface area contributed by atoms with Crippen LogP contribution in [0.1, 0.15) is 236 Å². The number of benzene rings is 1. The van der Waals surface area contributed by atoms with Gasteiger partial charge < -0.3 is 0 Å². The lowest BCUT2D eigenvalue weighted by Gasteiger charge is -2.08. The molecule has 0 radical (unpaired) electrons. The maximum Gasteiger partial charge on any atom is 0.0440 e. The molecule has 1 aromatic rings. The normalized spacial score (nSPS) is 11.5. The summed E-state index contributed by atoms with van der Waals surface area (Å²) in [5.41, 5.74) is 2.72. The number of hydrogen-bond acceptors (Lipinski definition) is 0. The smallest absolute Gasteiger partial charge is 0.0440 e. The minimum absolute atomic E-state index is 0.955. The van der Waals surface area contributed by atoms with Crippen LogP contribution in [-0.4, -0.2) is 0 Å². The summed E-state index contributed by atoms with van der Waals surface area (Å²) >= 11 is 6.36. The lowest BCUT2D eigenvalue weighted by atomic mass is 10.0. The van der Waals surface area contributed by atoms with Gasteiger partial charge in [-0.15, -0.1) is 0 Å². The van der Waals surface area contributed by atoms with Gasteiger partial charge >= 0.3 is 0 Å². The van der Waals surface area contributed by atoms with E-state index in [1.54, 1.807) is 0 Å². The van der Waals surface area contributed by atoms with Gasteiger partial charge in [0.05, 0.1) is 0 Å². The fraction of sp³-hybridized carbons (Fsp3) is 0.860. The van der Waals surface area contributed by atoms with Crippen molar-refractivity contribution in [2.45, 2.75) is 239 Å². The van der Waals surface area contributed by atoms with Crippen molar-refractivity contribution in [1.82, 2.24) is 0 Å². The summed E-state index contributed by atoms with van der Waals surface area (Å²) in [6.07, 6.45) is 50.8. The van der Waals surface area contributed by atoms with Gasteiger partial charge in [0.1, 0.15) is 0 Å². The molecule has 0 amide bonds. The molecule has 0 unspecified atom stereocenters. The van der Waals surface area contributed by atoms with Crippen molar-refractivity contribution in [3.63, 3.8) is 0 Å². The molecule has 0 aliphatic heterocycles. The Hall–Kier alpha value is -0.490. The molecular weight excluding hydrogens is 552 g/mol. The third kappa shape index (κ3) is 27.8. The van der Waals surface area contributed by atoms with Gasteiger partial charge in [-0.1, -0.05) is 243 Å². The van der Waals surface area contributed by atoms with E-state index in [0.29, 0.717) is 0 Å². The number of halogens is 1. The Morgan fingerprint density at radius 3 is 0.864 bits per heavy atom. The van der Waals surface area contributed by atoms with E-state index < -0.39 is 0 Å². The van der Waals surface area contributed by atoms with Crippen LogP contribution < -0.4 is 0 Å². The van der Waals surface area contributed by atoms with Gasteiger partial charge in [-0.05, 0) is 37.0 Å². The molecule has 44 heavy (non-hydrogen) atoms. The average molecular weight is 632 g/mol. The molecule has 0 bridgehead atoms. The molecule has 0 spiro atoms. The van der Waals surface area contributed by atoms with Crippen molar-refractivity contribution >= 4 is 11.6 Å². The van der Waals surface area contributed by atoms with Crippen LogP contribution in [0.5, 0.6) is 0 Å². The van der Waals surface area contributed by atoms with Crippen LogP contribution in [0.2, 0.25) is 5.02 Å². The van der Waals surface area contributed by atoms with Gasteiger partial charge in [-0.3, -0.25) is 0 Å². The molecule has 0 aromatic heterocycles. The van der Waals surface area contributed by atoms with E-state index >= 15 is 0 Å². The first-order valence-electron chi connectivity index (χ1n) is 20.5. The highest BCUT2D eigenvalue weighted by Crippen LogP contribution is 2.22. The van der Waals surface area contributed by atoms with E-state index in [2.05, 4.69) is 26.0 Å². The lowest BCUT2D eigenvalue weighted by molar-refractivity contribution is 0.511. The highest BCUT2D eigenvalue weighted by molar-refractivity contribution is 6.31. The Morgan fingerprint density at radius 2 is 0.614 bits per heavy atom. The standard InChI is InChI=1S/C43H79Cl/c1-3-4-5-6-7-8-9-10-11-12-13-14-15-16-17-18-19-20-21-22-23-24-25-26-27-28-29-30-31-32-33-34-35-36-39-42-41(2)38-37-40-43(42)44/h37-38,40H,3-36,39H2,1-2H3. The number of aryl methyl sites for hydroxylation is 1. The molecule has 1 rings (SSSR count). The Kier molecular flexibility index (Phi) is 32.0. The molecular formula is C43H79Cl. The van der Waals surface area contributed by atoms with Crippen molar-refractivity contribution in [2.75, 3.05) is 0 Å². The summed E-state index contributed by atoms with van der Waals surface area (Å²) in [7, 11) is 0. The third-order valence-electron chi connectivity index (χ3n) is 10.1. The Balaban J connectivity index is 1.65. The van der Waals surface area contributed by atoms with Gasteiger partial charge in [0.25, 0.3) is 0 Å². The van der Waals surface area contributed by atoms with Crippen molar-refractivity contribution < 1.29 is 0 Å². The molecule has 0 saturated carbocycles. The van der Waals surface area contributed by atoms with Gasteiger partial charge in [0.15, 0.2) is 0 Å². The third-order valence-corrected chi connectivity index (χ3v) is 10.5. The Bertz CT molecular complexity index is 674. The fourth-order valence-electron chi connectivity index (χ4n) is 7.01. The maximum atomic E-state index is 6.36. The first kappa shape index (κ1) is 41.5.